The molecule has 0 spiro atoms. The van der Waals surface area contributed by atoms with Gasteiger partial charge < -0.3 is 10.3 Å². The van der Waals surface area contributed by atoms with Crippen LogP contribution in [-0.4, -0.2) is 9.55 Å². The molecule has 0 amide bonds. The van der Waals surface area contributed by atoms with Gasteiger partial charge in [0, 0.05) is 12.6 Å². The number of halogens is 1. The lowest BCUT2D eigenvalue weighted by atomic mass is 10.3. The quantitative estimate of drug-likeness (QED) is 0.820. The van der Waals surface area contributed by atoms with Crippen LogP contribution in [0.5, 0.6) is 0 Å². The number of hydrogen-bond donors (Lipinski definition) is 1. The summed E-state index contributed by atoms with van der Waals surface area (Å²) in [6.45, 7) is 4.74. The molecule has 1 rings (SSSR count). The Morgan fingerprint density at radius 1 is 1.73 bits per heavy atom. The van der Waals surface area contributed by atoms with E-state index < -0.39 is 0 Å². The van der Waals surface area contributed by atoms with Crippen molar-refractivity contribution in [2.24, 2.45) is 5.73 Å². The second kappa shape index (κ2) is 3.36. The maximum atomic E-state index is 5.52. The second-order valence-electron chi connectivity index (χ2n) is 2.69. The van der Waals surface area contributed by atoms with E-state index in [1.54, 1.807) is 6.20 Å². The number of rotatable bonds is 2. The van der Waals surface area contributed by atoms with E-state index in [4.69, 9.17) is 5.73 Å². The Hall–Kier alpha value is -0.350. The highest BCUT2D eigenvalue weighted by Gasteiger charge is 2.08. The van der Waals surface area contributed by atoms with Crippen molar-refractivity contribution in [3.8, 4) is 0 Å². The number of nitrogens with two attached hydrogens (primary N) is 1. The lowest BCUT2D eigenvalue weighted by molar-refractivity contribution is 0.562. The molecule has 1 aromatic rings. The summed E-state index contributed by atoms with van der Waals surface area (Å²) in [4.78, 5) is 4.11. The molecule has 0 saturated carbocycles. The molecule has 0 aliphatic rings. The van der Waals surface area contributed by atoms with Crippen molar-refractivity contribution in [1.29, 1.82) is 0 Å². The summed E-state index contributed by atoms with van der Waals surface area (Å²) in [5.74, 6) is 0. The third-order valence-electron chi connectivity index (χ3n) is 1.55. The van der Waals surface area contributed by atoms with Gasteiger partial charge in [-0.3, -0.25) is 0 Å². The standard InChI is InChI=1S/C7H12BrN3/c1-5(2)11-6(3-9)4-10-7(11)8/h4-5H,3,9H2,1-2H3. The molecule has 0 atom stereocenters. The summed E-state index contributed by atoms with van der Waals surface area (Å²) in [7, 11) is 0. The minimum Gasteiger partial charge on any atom is -0.325 e. The van der Waals surface area contributed by atoms with E-state index in [-0.39, 0.29) is 0 Å². The van der Waals surface area contributed by atoms with Gasteiger partial charge in [0.25, 0.3) is 0 Å². The normalized spacial score (nSPS) is 11.0. The summed E-state index contributed by atoms with van der Waals surface area (Å²) < 4.78 is 2.92. The zero-order valence-electron chi connectivity index (χ0n) is 6.71. The molecule has 0 fully saturated rings. The van der Waals surface area contributed by atoms with E-state index in [0.717, 1.165) is 10.4 Å². The summed E-state index contributed by atoms with van der Waals surface area (Å²) >= 11 is 3.35. The van der Waals surface area contributed by atoms with Crippen LogP contribution >= 0.6 is 15.9 Å². The minimum atomic E-state index is 0.408. The highest BCUT2D eigenvalue weighted by Crippen LogP contribution is 2.17. The van der Waals surface area contributed by atoms with E-state index >= 15 is 0 Å². The van der Waals surface area contributed by atoms with Gasteiger partial charge in [-0.25, -0.2) is 4.98 Å². The van der Waals surface area contributed by atoms with Crippen molar-refractivity contribution in [3.63, 3.8) is 0 Å². The average molecular weight is 218 g/mol. The van der Waals surface area contributed by atoms with Crippen molar-refractivity contribution < 1.29 is 0 Å². The fourth-order valence-electron chi connectivity index (χ4n) is 1.07. The van der Waals surface area contributed by atoms with Crippen molar-refractivity contribution in [2.75, 3.05) is 0 Å². The Bertz CT molecular complexity index is 242. The largest absolute Gasteiger partial charge is 0.325 e. The topological polar surface area (TPSA) is 43.8 Å². The first-order chi connectivity index (χ1) is 5.16. The van der Waals surface area contributed by atoms with Crippen molar-refractivity contribution >= 4 is 15.9 Å². The van der Waals surface area contributed by atoms with Crippen molar-refractivity contribution in [1.82, 2.24) is 9.55 Å². The highest BCUT2D eigenvalue weighted by molar-refractivity contribution is 9.10. The van der Waals surface area contributed by atoms with Gasteiger partial charge in [0.15, 0.2) is 4.73 Å². The molecule has 0 bridgehead atoms. The second-order valence-corrected chi connectivity index (χ2v) is 3.40. The fourth-order valence-corrected chi connectivity index (χ4v) is 1.81. The predicted octanol–water partition coefficient (Wildman–Crippen LogP) is 1.69. The summed E-state index contributed by atoms with van der Waals surface area (Å²) in [6.07, 6.45) is 1.80. The van der Waals surface area contributed by atoms with Gasteiger partial charge >= 0.3 is 0 Å². The van der Waals surface area contributed by atoms with Gasteiger partial charge in [-0.15, -0.1) is 0 Å². The SMILES string of the molecule is CC(C)n1c(CN)cnc1Br. The van der Waals surface area contributed by atoms with Gasteiger partial charge in [0.2, 0.25) is 0 Å². The van der Waals surface area contributed by atoms with Crippen LogP contribution in [0.4, 0.5) is 0 Å². The fraction of sp³-hybridized carbons (Fsp3) is 0.571. The van der Waals surface area contributed by atoms with Crippen molar-refractivity contribution in [2.45, 2.75) is 26.4 Å². The van der Waals surface area contributed by atoms with Crippen LogP contribution in [0.2, 0.25) is 0 Å². The van der Waals surface area contributed by atoms with E-state index in [1.807, 2.05) is 0 Å². The zero-order chi connectivity index (χ0) is 8.43. The Balaban J connectivity index is 3.07. The molecule has 11 heavy (non-hydrogen) atoms. The highest BCUT2D eigenvalue weighted by atomic mass is 79.9. The van der Waals surface area contributed by atoms with Gasteiger partial charge in [-0.2, -0.15) is 0 Å². The molecule has 1 aromatic heterocycles. The Kier molecular flexibility index (Phi) is 2.67. The van der Waals surface area contributed by atoms with Crippen LogP contribution in [0.15, 0.2) is 10.9 Å². The maximum Gasteiger partial charge on any atom is 0.177 e. The minimum absolute atomic E-state index is 0.408. The van der Waals surface area contributed by atoms with Crippen LogP contribution in [0, 0.1) is 0 Å². The summed E-state index contributed by atoms with van der Waals surface area (Å²) in [5, 5.41) is 0. The molecular formula is C7H12BrN3. The molecule has 0 aromatic carbocycles. The Morgan fingerprint density at radius 2 is 2.36 bits per heavy atom. The molecule has 0 unspecified atom stereocenters. The average Bonchev–Trinajstić information content (AvgIpc) is 2.30. The third kappa shape index (κ3) is 1.62. The molecule has 2 N–H and O–H groups in total. The molecule has 4 heteroatoms. The van der Waals surface area contributed by atoms with Gasteiger partial charge in [-0.05, 0) is 29.8 Å². The lowest BCUT2D eigenvalue weighted by Crippen LogP contribution is -2.09. The smallest absolute Gasteiger partial charge is 0.177 e. The molecule has 3 nitrogen and oxygen atoms in total. The van der Waals surface area contributed by atoms with Gasteiger partial charge in [0.1, 0.15) is 0 Å². The number of aromatic nitrogens is 2. The molecule has 0 radical (unpaired) electrons. The third-order valence-corrected chi connectivity index (χ3v) is 2.14. The molecule has 0 aliphatic carbocycles. The molecule has 1 heterocycles. The van der Waals surface area contributed by atoms with E-state index in [0.29, 0.717) is 12.6 Å². The molecule has 0 saturated heterocycles. The molecule has 62 valence electrons. The number of imidazole rings is 1. The maximum absolute atomic E-state index is 5.52. The van der Waals surface area contributed by atoms with Crippen LogP contribution in [0.25, 0.3) is 0 Å². The zero-order valence-corrected chi connectivity index (χ0v) is 8.30. The van der Waals surface area contributed by atoms with Crippen LogP contribution in [0.3, 0.4) is 0 Å². The first-order valence-electron chi connectivity index (χ1n) is 3.58. The summed E-state index contributed by atoms with van der Waals surface area (Å²) in [5.41, 5.74) is 6.58. The predicted molar refractivity (Wildman–Crippen MR) is 48.2 cm³/mol. The van der Waals surface area contributed by atoms with Gasteiger partial charge in [0.05, 0.1) is 11.9 Å². The monoisotopic (exact) mass is 217 g/mol. The molecular weight excluding hydrogens is 206 g/mol. The van der Waals surface area contributed by atoms with E-state index in [2.05, 4.69) is 39.3 Å². The molecule has 0 aliphatic heterocycles. The number of hydrogen-bond acceptors (Lipinski definition) is 2. The lowest BCUT2D eigenvalue weighted by Gasteiger charge is -2.11. The van der Waals surface area contributed by atoms with E-state index in [9.17, 15) is 0 Å². The summed E-state index contributed by atoms with van der Waals surface area (Å²) in [6, 6.07) is 0.408. The number of nitrogens with zero attached hydrogens (tertiary/aromatic N) is 2. The Morgan fingerprint density at radius 3 is 2.73 bits per heavy atom. The first kappa shape index (κ1) is 8.74. The van der Waals surface area contributed by atoms with Crippen LogP contribution in [-0.2, 0) is 6.54 Å². The van der Waals surface area contributed by atoms with Crippen LogP contribution in [0.1, 0.15) is 25.6 Å². The van der Waals surface area contributed by atoms with E-state index in [1.165, 1.54) is 0 Å². The first-order valence-corrected chi connectivity index (χ1v) is 4.37. The van der Waals surface area contributed by atoms with Gasteiger partial charge in [-0.1, -0.05) is 0 Å². The van der Waals surface area contributed by atoms with Crippen molar-refractivity contribution in [3.05, 3.63) is 16.6 Å². The Labute approximate surface area is 74.7 Å². The van der Waals surface area contributed by atoms with Crippen LogP contribution < -0.4 is 5.73 Å².